The summed E-state index contributed by atoms with van der Waals surface area (Å²) in [5, 5.41) is 13.4. The SMILES string of the molecule is C[C@@H]1[C@H](C)CCC[C@@H]1NC(=O)N1CC(O)(C2CC2)C1. The van der Waals surface area contributed by atoms with Gasteiger partial charge < -0.3 is 15.3 Å². The standard InChI is InChI=1S/C15H26N2O2/c1-10-4-3-5-13(11(10)2)16-14(18)17-8-15(19,9-17)12-6-7-12/h10-13,19H,3-9H2,1-2H3,(H,16,18)/t10-,11-,13+/m1/s1. The first-order valence-corrected chi connectivity index (χ1v) is 7.77. The quantitative estimate of drug-likeness (QED) is 0.803. The van der Waals surface area contributed by atoms with Gasteiger partial charge in [-0.15, -0.1) is 0 Å². The average molecular weight is 266 g/mol. The highest BCUT2D eigenvalue weighted by molar-refractivity contribution is 5.76. The zero-order valence-electron chi connectivity index (χ0n) is 12.1. The number of aliphatic hydroxyl groups is 1. The molecule has 0 aromatic carbocycles. The van der Waals surface area contributed by atoms with Crippen LogP contribution in [0.4, 0.5) is 4.79 Å². The predicted molar refractivity (Wildman–Crippen MR) is 73.7 cm³/mol. The van der Waals surface area contributed by atoms with Crippen LogP contribution in [0.3, 0.4) is 0 Å². The molecule has 3 rings (SSSR count). The van der Waals surface area contributed by atoms with Crippen LogP contribution in [0.25, 0.3) is 0 Å². The van der Waals surface area contributed by atoms with Gasteiger partial charge in [-0.05, 0) is 37.0 Å². The van der Waals surface area contributed by atoms with Crippen LogP contribution in [0.1, 0.15) is 46.0 Å². The van der Waals surface area contributed by atoms with Crippen LogP contribution in [0, 0.1) is 17.8 Å². The van der Waals surface area contributed by atoms with E-state index in [1.807, 2.05) is 0 Å². The minimum atomic E-state index is -0.567. The molecule has 3 atom stereocenters. The van der Waals surface area contributed by atoms with Gasteiger partial charge in [-0.3, -0.25) is 0 Å². The van der Waals surface area contributed by atoms with E-state index < -0.39 is 5.60 Å². The molecule has 1 heterocycles. The van der Waals surface area contributed by atoms with Crippen molar-refractivity contribution in [2.75, 3.05) is 13.1 Å². The van der Waals surface area contributed by atoms with Gasteiger partial charge in [-0.2, -0.15) is 0 Å². The number of likely N-dealkylation sites (tertiary alicyclic amines) is 1. The first-order chi connectivity index (χ1) is 8.99. The Morgan fingerprint density at radius 3 is 2.53 bits per heavy atom. The van der Waals surface area contributed by atoms with Gasteiger partial charge in [0.05, 0.1) is 13.1 Å². The van der Waals surface area contributed by atoms with E-state index in [9.17, 15) is 9.90 Å². The molecular weight excluding hydrogens is 240 g/mol. The van der Waals surface area contributed by atoms with Crippen LogP contribution in [-0.4, -0.2) is 40.8 Å². The Morgan fingerprint density at radius 2 is 1.89 bits per heavy atom. The topological polar surface area (TPSA) is 52.6 Å². The summed E-state index contributed by atoms with van der Waals surface area (Å²) in [4.78, 5) is 13.9. The maximum atomic E-state index is 12.2. The van der Waals surface area contributed by atoms with E-state index in [0.29, 0.717) is 36.9 Å². The van der Waals surface area contributed by atoms with Crippen molar-refractivity contribution < 1.29 is 9.90 Å². The molecule has 4 nitrogen and oxygen atoms in total. The second kappa shape index (κ2) is 4.65. The number of hydrogen-bond acceptors (Lipinski definition) is 2. The van der Waals surface area contributed by atoms with Crippen LogP contribution in [-0.2, 0) is 0 Å². The van der Waals surface area contributed by atoms with Gasteiger partial charge in [0, 0.05) is 6.04 Å². The highest BCUT2D eigenvalue weighted by Crippen LogP contribution is 2.44. The lowest BCUT2D eigenvalue weighted by molar-refractivity contribution is -0.0924. The fourth-order valence-electron chi connectivity index (χ4n) is 3.67. The molecule has 1 aliphatic heterocycles. The van der Waals surface area contributed by atoms with Crippen molar-refractivity contribution in [2.45, 2.75) is 57.6 Å². The third-order valence-electron chi connectivity index (χ3n) is 5.57. The number of amides is 2. The van der Waals surface area contributed by atoms with E-state index in [0.717, 1.165) is 19.3 Å². The Hall–Kier alpha value is -0.770. The van der Waals surface area contributed by atoms with Gasteiger partial charge >= 0.3 is 6.03 Å². The molecule has 0 radical (unpaired) electrons. The van der Waals surface area contributed by atoms with Crippen molar-refractivity contribution in [3.8, 4) is 0 Å². The highest BCUT2D eigenvalue weighted by atomic mass is 16.3. The van der Waals surface area contributed by atoms with Gasteiger partial charge in [-0.1, -0.05) is 26.7 Å². The number of urea groups is 1. The van der Waals surface area contributed by atoms with E-state index in [1.165, 1.54) is 12.8 Å². The molecule has 108 valence electrons. The van der Waals surface area contributed by atoms with Crippen LogP contribution in [0.15, 0.2) is 0 Å². The minimum Gasteiger partial charge on any atom is -0.386 e. The lowest BCUT2D eigenvalue weighted by Gasteiger charge is -2.47. The van der Waals surface area contributed by atoms with Gasteiger partial charge in [-0.25, -0.2) is 4.79 Å². The monoisotopic (exact) mass is 266 g/mol. The molecule has 3 fully saturated rings. The molecule has 1 saturated heterocycles. The van der Waals surface area contributed by atoms with Crippen LogP contribution < -0.4 is 5.32 Å². The van der Waals surface area contributed by atoms with Gasteiger partial charge in [0.2, 0.25) is 0 Å². The van der Waals surface area contributed by atoms with E-state index in [1.54, 1.807) is 4.90 Å². The van der Waals surface area contributed by atoms with Crippen molar-refractivity contribution in [3.63, 3.8) is 0 Å². The summed E-state index contributed by atoms with van der Waals surface area (Å²) in [7, 11) is 0. The summed E-state index contributed by atoms with van der Waals surface area (Å²) < 4.78 is 0. The van der Waals surface area contributed by atoms with Crippen molar-refractivity contribution in [3.05, 3.63) is 0 Å². The van der Waals surface area contributed by atoms with E-state index in [-0.39, 0.29) is 6.03 Å². The number of carbonyl (C=O) groups is 1. The fourth-order valence-corrected chi connectivity index (χ4v) is 3.67. The van der Waals surface area contributed by atoms with Gasteiger partial charge in [0.15, 0.2) is 0 Å². The normalized spacial score (nSPS) is 37.6. The van der Waals surface area contributed by atoms with Crippen molar-refractivity contribution in [1.29, 1.82) is 0 Å². The van der Waals surface area contributed by atoms with Crippen LogP contribution in [0.2, 0.25) is 0 Å². The minimum absolute atomic E-state index is 0.0243. The molecule has 0 aromatic rings. The lowest BCUT2D eigenvalue weighted by atomic mass is 9.78. The summed E-state index contributed by atoms with van der Waals surface area (Å²) in [6.45, 7) is 5.57. The van der Waals surface area contributed by atoms with Crippen LogP contribution >= 0.6 is 0 Å². The predicted octanol–water partition coefficient (Wildman–Crippen LogP) is 1.98. The maximum absolute atomic E-state index is 12.2. The number of hydrogen-bond donors (Lipinski definition) is 2. The molecule has 0 aromatic heterocycles. The van der Waals surface area contributed by atoms with E-state index >= 15 is 0 Å². The van der Waals surface area contributed by atoms with E-state index in [4.69, 9.17) is 0 Å². The van der Waals surface area contributed by atoms with E-state index in [2.05, 4.69) is 19.2 Å². The molecule has 0 spiro atoms. The second-order valence-corrected chi connectivity index (χ2v) is 7.06. The summed E-state index contributed by atoms with van der Waals surface area (Å²) in [6.07, 6.45) is 5.84. The Bertz CT molecular complexity index is 361. The first kappa shape index (κ1) is 13.2. The Balaban J connectivity index is 1.49. The molecule has 2 amide bonds. The zero-order chi connectivity index (χ0) is 13.6. The van der Waals surface area contributed by atoms with Crippen molar-refractivity contribution in [1.82, 2.24) is 10.2 Å². The van der Waals surface area contributed by atoms with Crippen molar-refractivity contribution in [2.24, 2.45) is 17.8 Å². The van der Waals surface area contributed by atoms with Crippen molar-refractivity contribution >= 4 is 6.03 Å². The summed E-state index contributed by atoms with van der Waals surface area (Å²) in [5.74, 6) is 1.70. The summed E-state index contributed by atoms with van der Waals surface area (Å²) in [6, 6.07) is 0.335. The Kier molecular flexibility index (Phi) is 3.24. The maximum Gasteiger partial charge on any atom is 0.317 e. The number of nitrogens with one attached hydrogen (secondary N) is 1. The lowest BCUT2D eigenvalue weighted by Crippen LogP contribution is -2.67. The third kappa shape index (κ3) is 2.47. The fraction of sp³-hybridized carbons (Fsp3) is 0.933. The largest absolute Gasteiger partial charge is 0.386 e. The molecular formula is C15H26N2O2. The number of carbonyl (C=O) groups excluding carboxylic acids is 1. The smallest absolute Gasteiger partial charge is 0.317 e. The Morgan fingerprint density at radius 1 is 1.21 bits per heavy atom. The average Bonchev–Trinajstić information content (AvgIpc) is 3.15. The number of rotatable bonds is 2. The molecule has 19 heavy (non-hydrogen) atoms. The highest BCUT2D eigenvalue weighted by Gasteiger charge is 2.53. The Labute approximate surface area is 115 Å². The van der Waals surface area contributed by atoms with Gasteiger partial charge in [0.25, 0.3) is 0 Å². The molecule has 0 unspecified atom stereocenters. The zero-order valence-corrected chi connectivity index (χ0v) is 12.1. The molecule has 2 saturated carbocycles. The molecule has 0 bridgehead atoms. The molecule has 2 N–H and O–H groups in total. The number of β-amino-alcohol motifs (C(OH)–C–C–N with tert-alkyl or cyclic N) is 1. The van der Waals surface area contributed by atoms with Crippen LogP contribution in [0.5, 0.6) is 0 Å². The third-order valence-corrected chi connectivity index (χ3v) is 5.57. The first-order valence-electron chi connectivity index (χ1n) is 7.77. The second-order valence-electron chi connectivity index (χ2n) is 7.06. The molecule has 2 aliphatic carbocycles. The molecule has 3 aliphatic rings. The summed E-state index contributed by atoms with van der Waals surface area (Å²) >= 11 is 0. The number of nitrogens with zero attached hydrogens (tertiary/aromatic N) is 1. The van der Waals surface area contributed by atoms with Gasteiger partial charge in [0.1, 0.15) is 5.60 Å². The summed E-state index contributed by atoms with van der Waals surface area (Å²) in [5.41, 5.74) is -0.567. The molecule has 4 heteroatoms.